The van der Waals surface area contributed by atoms with Gasteiger partial charge in [0.25, 0.3) is 0 Å². The Kier molecular flexibility index (Phi) is 6.89. The summed E-state index contributed by atoms with van der Waals surface area (Å²) in [6.07, 6.45) is 2.10. The summed E-state index contributed by atoms with van der Waals surface area (Å²) in [7, 11) is 3.92. The van der Waals surface area contributed by atoms with Gasteiger partial charge < -0.3 is 15.4 Å². The number of hydrogen-bond acceptors (Lipinski definition) is 3. The molecule has 0 spiro atoms. The molecule has 0 aliphatic heterocycles. The molecule has 0 fully saturated rings. The van der Waals surface area contributed by atoms with Crippen molar-refractivity contribution in [3.63, 3.8) is 0 Å². The lowest BCUT2D eigenvalue weighted by Gasteiger charge is -2.28. The number of hydrogen-bond donors (Lipinski definition) is 1. The van der Waals surface area contributed by atoms with Crippen molar-refractivity contribution in [3.8, 4) is 5.75 Å². The third kappa shape index (κ3) is 5.21. The maximum Gasteiger partial charge on any atom is 0.122 e. The Morgan fingerprint density at radius 3 is 2.58 bits per heavy atom. The van der Waals surface area contributed by atoms with E-state index < -0.39 is 0 Å². The van der Waals surface area contributed by atoms with Gasteiger partial charge in [-0.25, -0.2) is 0 Å². The van der Waals surface area contributed by atoms with Gasteiger partial charge in [-0.05, 0) is 50.9 Å². The van der Waals surface area contributed by atoms with Crippen molar-refractivity contribution in [1.82, 2.24) is 4.90 Å². The molecule has 0 amide bonds. The second-order valence-electron chi connectivity index (χ2n) is 5.49. The van der Waals surface area contributed by atoms with Crippen molar-refractivity contribution in [2.75, 3.05) is 27.2 Å². The van der Waals surface area contributed by atoms with E-state index in [1.54, 1.807) is 7.11 Å². The highest BCUT2D eigenvalue weighted by Gasteiger charge is 2.14. The summed E-state index contributed by atoms with van der Waals surface area (Å²) >= 11 is 0. The van der Waals surface area contributed by atoms with Crippen LogP contribution in [0.2, 0.25) is 0 Å². The normalized spacial score (nSPS) is 14.4. The van der Waals surface area contributed by atoms with Crippen molar-refractivity contribution in [3.05, 3.63) is 29.8 Å². The molecule has 0 bridgehead atoms. The number of methoxy groups -OCH3 is 1. The van der Waals surface area contributed by atoms with Gasteiger partial charge in [0.1, 0.15) is 5.75 Å². The molecule has 108 valence electrons. The largest absolute Gasteiger partial charge is 0.496 e. The molecule has 1 aromatic rings. The standard InChI is InChI=1S/C16H28N2O/c1-13(9-10-17)12-18(3)14(2)11-15-7-5-6-8-16(15)19-4/h5-8,13-14H,9-12,17H2,1-4H3. The fourth-order valence-corrected chi connectivity index (χ4v) is 2.39. The molecule has 19 heavy (non-hydrogen) atoms. The summed E-state index contributed by atoms with van der Waals surface area (Å²) in [5, 5.41) is 0. The molecular formula is C16H28N2O. The van der Waals surface area contributed by atoms with Crippen molar-refractivity contribution in [1.29, 1.82) is 0 Å². The molecule has 0 saturated carbocycles. The third-order valence-corrected chi connectivity index (χ3v) is 3.72. The van der Waals surface area contributed by atoms with E-state index in [-0.39, 0.29) is 0 Å². The summed E-state index contributed by atoms with van der Waals surface area (Å²) < 4.78 is 5.41. The molecule has 0 aliphatic rings. The highest BCUT2D eigenvalue weighted by atomic mass is 16.5. The number of para-hydroxylation sites is 1. The first-order valence-electron chi connectivity index (χ1n) is 7.10. The van der Waals surface area contributed by atoms with Gasteiger partial charge in [-0.1, -0.05) is 25.1 Å². The number of ether oxygens (including phenoxy) is 1. The van der Waals surface area contributed by atoms with Gasteiger partial charge in [0.15, 0.2) is 0 Å². The van der Waals surface area contributed by atoms with Crippen LogP contribution >= 0.6 is 0 Å². The molecule has 0 saturated heterocycles. The molecule has 3 nitrogen and oxygen atoms in total. The van der Waals surface area contributed by atoms with Crippen LogP contribution in [0.5, 0.6) is 5.75 Å². The first kappa shape index (κ1) is 16.0. The number of nitrogens with two attached hydrogens (primary N) is 1. The first-order valence-corrected chi connectivity index (χ1v) is 7.10. The van der Waals surface area contributed by atoms with E-state index in [1.165, 1.54) is 5.56 Å². The smallest absolute Gasteiger partial charge is 0.122 e. The molecule has 0 aromatic heterocycles. The van der Waals surface area contributed by atoms with Crippen LogP contribution < -0.4 is 10.5 Å². The van der Waals surface area contributed by atoms with E-state index in [4.69, 9.17) is 10.5 Å². The van der Waals surface area contributed by atoms with Crippen molar-refractivity contribution in [2.24, 2.45) is 11.7 Å². The topological polar surface area (TPSA) is 38.5 Å². The summed E-state index contributed by atoms with van der Waals surface area (Å²) in [5.74, 6) is 1.63. The zero-order chi connectivity index (χ0) is 14.3. The predicted octanol–water partition coefficient (Wildman–Crippen LogP) is 2.54. The maximum atomic E-state index is 5.61. The maximum absolute atomic E-state index is 5.61. The Morgan fingerprint density at radius 1 is 1.26 bits per heavy atom. The Bertz CT molecular complexity index is 368. The van der Waals surface area contributed by atoms with Gasteiger partial charge >= 0.3 is 0 Å². The molecule has 1 aromatic carbocycles. The summed E-state index contributed by atoms with van der Waals surface area (Å²) in [6, 6.07) is 8.75. The Hall–Kier alpha value is -1.06. The fraction of sp³-hybridized carbons (Fsp3) is 0.625. The minimum absolute atomic E-state index is 0.497. The molecule has 3 heteroatoms. The van der Waals surface area contributed by atoms with Gasteiger partial charge in [0.2, 0.25) is 0 Å². The molecule has 0 heterocycles. The van der Waals surface area contributed by atoms with Gasteiger partial charge in [0, 0.05) is 12.6 Å². The third-order valence-electron chi connectivity index (χ3n) is 3.72. The van der Waals surface area contributed by atoms with Crippen LogP contribution in [-0.4, -0.2) is 38.2 Å². The predicted molar refractivity (Wildman–Crippen MR) is 81.6 cm³/mol. The Morgan fingerprint density at radius 2 is 1.95 bits per heavy atom. The zero-order valence-corrected chi connectivity index (χ0v) is 12.7. The average molecular weight is 264 g/mol. The lowest BCUT2D eigenvalue weighted by atomic mass is 10.0. The lowest BCUT2D eigenvalue weighted by molar-refractivity contribution is 0.218. The molecule has 0 aliphatic carbocycles. The van der Waals surface area contributed by atoms with E-state index in [2.05, 4.69) is 37.9 Å². The molecule has 2 atom stereocenters. The molecule has 1 rings (SSSR count). The van der Waals surface area contributed by atoms with E-state index >= 15 is 0 Å². The summed E-state index contributed by atoms with van der Waals surface area (Å²) in [5.41, 5.74) is 6.88. The van der Waals surface area contributed by atoms with Crippen LogP contribution in [0.15, 0.2) is 24.3 Å². The summed E-state index contributed by atoms with van der Waals surface area (Å²) in [4.78, 5) is 2.41. The van der Waals surface area contributed by atoms with Gasteiger partial charge in [-0.15, -0.1) is 0 Å². The first-order chi connectivity index (χ1) is 9.08. The second-order valence-corrected chi connectivity index (χ2v) is 5.49. The van der Waals surface area contributed by atoms with E-state index in [0.717, 1.165) is 31.7 Å². The van der Waals surface area contributed by atoms with Crippen molar-refractivity contribution in [2.45, 2.75) is 32.7 Å². The highest BCUT2D eigenvalue weighted by Crippen LogP contribution is 2.20. The van der Waals surface area contributed by atoms with Crippen molar-refractivity contribution >= 4 is 0 Å². The van der Waals surface area contributed by atoms with E-state index in [9.17, 15) is 0 Å². The van der Waals surface area contributed by atoms with E-state index in [0.29, 0.717) is 12.0 Å². The number of benzene rings is 1. The van der Waals surface area contributed by atoms with E-state index in [1.807, 2.05) is 12.1 Å². The zero-order valence-electron chi connectivity index (χ0n) is 12.7. The highest BCUT2D eigenvalue weighted by molar-refractivity contribution is 5.33. The quantitative estimate of drug-likeness (QED) is 0.784. The lowest BCUT2D eigenvalue weighted by Crippen LogP contribution is -2.35. The average Bonchev–Trinajstić information content (AvgIpc) is 2.39. The van der Waals surface area contributed by atoms with Gasteiger partial charge in [-0.2, -0.15) is 0 Å². The van der Waals surface area contributed by atoms with Crippen LogP contribution in [-0.2, 0) is 6.42 Å². The number of nitrogens with zero attached hydrogens (tertiary/aromatic N) is 1. The van der Waals surface area contributed by atoms with Crippen LogP contribution in [0.3, 0.4) is 0 Å². The van der Waals surface area contributed by atoms with Crippen LogP contribution in [0.4, 0.5) is 0 Å². The molecule has 2 N–H and O–H groups in total. The Labute approximate surface area is 117 Å². The van der Waals surface area contributed by atoms with Crippen molar-refractivity contribution < 1.29 is 4.74 Å². The summed E-state index contributed by atoms with van der Waals surface area (Å²) in [6.45, 7) is 6.39. The van der Waals surface area contributed by atoms with Crippen LogP contribution in [0.1, 0.15) is 25.8 Å². The minimum atomic E-state index is 0.497. The van der Waals surface area contributed by atoms with Gasteiger partial charge in [0.05, 0.1) is 7.11 Å². The number of rotatable bonds is 8. The van der Waals surface area contributed by atoms with Crippen LogP contribution in [0.25, 0.3) is 0 Å². The fourth-order valence-electron chi connectivity index (χ4n) is 2.39. The second kappa shape index (κ2) is 8.18. The van der Waals surface area contributed by atoms with Crippen LogP contribution in [0, 0.1) is 5.92 Å². The number of likely N-dealkylation sites (N-methyl/N-ethyl adjacent to an activating group) is 1. The molecule has 2 unspecified atom stereocenters. The SMILES string of the molecule is COc1ccccc1CC(C)N(C)CC(C)CCN. The monoisotopic (exact) mass is 264 g/mol. The molecule has 0 radical (unpaired) electrons. The van der Waals surface area contributed by atoms with Gasteiger partial charge in [-0.3, -0.25) is 0 Å². The minimum Gasteiger partial charge on any atom is -0.496 e. The Balaban J connectivity index is 2.55. The molecular weight excluding hydrogens is 236 g/mol.